The topological polar surface area (TPSA) is 48.5 Å². The van der Waals surface area contributed by atoms with Crippen molar-refractivity contribution >= 4 is 43.6 Å². The molecule has 68 heavy (non-hydrogen) atoms. The average Bonchev–Trinajstić information content (AvgIpc) is 3.94. The molecule has 13 rings (SSSR count). The van der Waals surface area contributed by atoms with Gasteiger partial charge in [0.2, 0.25) is 0 Å². The second kappa shape index (κ2) is 16.4. The lowest BCUT2D eigenvalue weighted by Crippen LogP contribution is -2.01. The maximum Gasteiger partial charge on any atom is 0.164 e. The zero-order valence-corrected chi connectivity index (χ0v) is 36.9. The Balaban J connectivity index is 0.951. The summed E-state index contributed by atoms with van der Waals surface area (Å²) in [7, 11) is 0. The van der Waals surface area contributed by atoms with Crippen LogP contribution in [0.25, 0.3) is 123 Å². The summed E-state index contributed by atoms with van der Waals surface area (Å²) in [6.07, 6.45) is 0. The van der Waals surface area contributed by atoms with Crippen LogP contribution in [0.4, 0.5) is 0 Å². The smallest absolute Gasteiger partial charge is 0.164 e. The van der Waals surface area contributed by atoms with Crippen molar-refractivity contribution in [3.63, 3.8) is 0 Å². The average molecular weight is 868 g/mol. The second-order valence-corrected chi connectivity index (χ2v) is 17.3. The van der Waals surface area contributed by atoms with Gasteiger partial charge in [0.15, 0.2) is 17.5 Å². The van der Waals surface area contributed by atoms with E-state index in [1.165, 1.54) is 49.3 Å². The van der Waals surface area contributed by atoms with E-state index in [9.17, 15) is 0 Å². The van der Waals surface area contributed by atoms with Crippen LogP contribution >= 0.6 is 0 Å². The Labute approximate surface area is 393 Å². The Bertz CT molecular complexity index is 3890. The predicted molar refractivity (Wildman–Crippen MR) is 281 cm³/mol. The molecule has 0 aliphatic rings. The number of rotatable bonds is 8. The molecule has 318 valence electrons. The molecule has 0 fully saturated rings. The molecule has 0 unspecified atom stereocenters. The van der Waals surface area contributed by atoms with Crippen molar-refractivity contribution in [1.82, 2.24) is 24.1 Å². The maximum atomic E-state index is 5.06. The lowest BCUT2D eigenvalue weighted by Gasteiger charge is -2.14. The third-order valence-electron chi connectivity index (χ3n) is 13.1. The van der Waals surface area contributed by atoms with Crippen LogP contribution in [0.5, 0.6) is 0 Å². The fourth-order valence-corrected chi connectivity index (χ4v) is 9.92. The molecule has 0 N–H and O–H groups in total. The van der Waals surface area contributed by atoms with Crippen molar-refractivity contribution in [2.75, 3.05) is 0 Å². The van der Waals surface area contributed by atoms with E-state index < -0.39 is 0 Å². The molecule has 5 heteroatoms. The molecule has 13 aromatic rings. The highest BCUT2D eigenvalue weighted by atomic mass is 15.0. The predicted octanol–water partition coefficient (Wildman–Crippen LogP) is 16.1. The van der Waals surface area contributed by atoms with E-state index in [0.29, 0.717) is 17.5 Å². The van der Waals surface area contributed by atoms with Crippen LogP contribution in [0.2, 0.25) is 0 Å². The summed E-state index contributed by atoms with van der Waals surface area (Å²) in [5.41, 5.74) is 16.6. The molecule has 0 saturated heterocycles. The van der Waals surface area contributed by atoms with Crippen molar-refractivity contribution in [3.8, 4) is 78.9 Å². The second-order valence-electron chi connectivity index (χ2n) is 17.3. The van der Waals surface area contributed by atoms with E-state index >= 15 is 0 Å². The fourth-order valence-electron chi connectivity index (χ4n) is 9.92. The van der Waals surface area contributed by atoms with Gasteiger partial charge in [0.25, 0.3) is 0 Å². The van der Waals surface area contributed by atoms with Gasteiger partial charge in [-0.25, -0.2) is 15.0 Å². The first kappa shape index (κ1) is 39.2. The first-order valence-corrected chi connectivity index (χ1v) is 23.0. The largest absolute Gasteiger partial charge is 0.309 e. The minimum Gasteiger partial charge on any atom is -0.309 e. The van der Waals surface area contributed by atoms with Crippen molar-refractivity contribution in [2.24, 2.45) is 0 Å². The Kier molecular flexibility index (Phi) is 9.43. The molecule has 3 aromatic heterocycles. The molecule has 0 amide bonds. The zero-order valence-electron chi connectivity index (χ0n) is 36.9. The fraction of sp³-hybridized carbons (Fsp3) is 0. The highest BCUT2D eigenvalue weighted by molar-refractivity contribution is 6.12. The van der Waals surface area contributed by atoms with Gasteiger partial charge < -0.3 is 9.13 Å². The molecule has 0 bridgehead atoms. The lowest BCUT2D eigenvalue weighted by atomic mass is 9.98. The number of fused-ring (bicyclic) bond motifs is 6. The van der Waals surface area contributed by atoms with Crippen LogP contribution in [-0.4, -0.2) is 24.1 Å². The van der Waals surface area contributed by atoms with Gasteiger partial charge in [-0.05, 0) is 94.0 Å². The minimum absolute atomic E-state index is 0.624. The Hall–Kier alpha value is -9.19. The van der Waals surface area contributed by atoms with Gasteiger partial charge in [-0.1, -0.05) is 188 Å². The number of hydrogen-bond donors (Lipinski definition) is 0. The van der Waals surface area contributed by atoms with E-state index in [1.54, 1.807) is 0 Å². The van der Waals surface area contributed by atoms with Gasteiger partial charge >= 0.3 is 0 Å². The number of nitrogens with zero attached hydrogens (tertiary/aromatic N) is 5. The Morgan fingerprint density at radius 3 is 1.21 bits per heavy atom. The molecule has 3 heterocycles. The number of hydrogen-bond acceptors (Lipinski definition) is 3. The highest BCUT2D eigenvalue weighted by Gasteiger charge is 2.19. The van der Waals surface area contributed by atoms with Gasteiger partial charge in [-0.15, -0.1) is 0 Å². The van der Waals surface area contributed by atoms with Crippen molar-refractivity contribution < 1.29 is 0 Å². The van der Waals surface area contributed by atoms with Crippen molar-refractivity contribution in [2.45, 2.75) is 0 Å². The number of benzene rings is 10. The van der Waals surface area contributed by atoms with Gasteiger partial charge in [-0.3, -0.25) is 0 Å². The summed E-state index contributed by atoms with van der Waals surface area (Å²) in [5, 5.41) is 4.82. The maximum absolute atomic E-state index is 5.06. The first-order valence-electron chi connectivity index (χ1n) is 23.0. The molecular formula is C63H41N5. The quantitative estimate of drug-likeness (QED) is 0.153. The molecular weight excluding hydrogens is 827 g/mol. The molecule has 0 aliphatic heterocycles. The van der Waals surface area contributed by atoms with Gasteiger partial charge in [0.05, 0.1) is 22.1 Å². The van der Waals surface area contributed by atoms with Gasteiger partial charge in [0.1, 0.15) is 0 Å². The van der Waals surface area contributed by atoms with E-state index in [4.69, 9.17) is 15.0 Å². The summed E-state index contributed by atoms with van der Waals surface area (Å²) in [4.78, 5) is 15.0. The van der Waals surface area contributed by atoms with E-state index in [2.05, 4.69) is 197 Å². The number of para-hydroxylation sites is 2. The normalized spacial score (nSPS) is 11.5. The Morgan fingerprint density at radius 2 is 0.618 bits per heavy atom. The van der Waals surface area contributed by atoms with Gasteiger partial charge in [-0.2, -0.15) is 0 Å². The standard InChI is InChI=1S/C63H41N5/c1-5-18-42(19-6-1)49-36-50(43-20-7-2-8-21-43)39-52(38-49)68-57-30-15-13-28-53(57)55-34-32-47(41-60(55)68)46-33-35-59-56(40-46)54-29-14-16-31-58(54)67(59)51-27-17-26-48(37-51)63-65-61(44-22-9-3-10-23-44)64-62(66-63)45-24-11-4-12-25-45/h1-41H. The first-order chi connectivity index (χ1) is 33.7. The zero-order chi connectivity index (χ0) is 45.0. The summed E-state index contributed by atoms with van der Waals surface area (Å²) in [5.74, 6) is 1.90. The summed E-state index contributed by atoms with van der Waals surface area (Å²) in [6.45, 7) is 0. The van der Waals surface area contributed by atoms with E-state index in [-0.39, 0.29) is 0 Å². The molecule has 10 aromatic carbocycles. The van der Waals surface area contributed by atoms with Crippen LogP contribution in [0.3, 0.4) is 0 Å². The van der Waals surface area contributed by atoms with Crippen molar-refractivity contribution in [3.05, 3.63) is 249 Å². The molecule has 0 aliphatic carbocycles. The van der Waals surface area contributed by atoms with Crippen LogP contribution in [-0.2, 0) is 0 Å². The molecule has 5 nitrogen and oxygen atoms in total. The highest BCUT2D eigenvalue weighted by Crippen LogP contribution is 2.40. The van der Waals surface area contributed by atoms with Gasteiger partial charge in [0, 0.05) is 49.6 Å². The summed E-state index contributed by atoms with van der Waals surface area (Å²) >= 11 is 0. The van der Waals surface area contributed by atoms with E-state index in [0.717, 1.165) is 55.7 Å². The van der Waals surface area contributed by atoms with Crippen molar-refractivity contribution in [1.29, 1.82) is 0 Å². The monoisotopic (exact) mass is 867 g/mol. The SMILES string of the molecule is c1ccc(-c2cc(-c3ccccc3)cc(-n3c4ccccc4c4ccc(-c5ccc6c(c5)c5ccccc5n6-c5cccc(-c6nc(-c7ccccc7)nc(-c7ccccc7)n6)c5)cc43)c2)cc1. The third kappa shape index (κ3) is 6.84. The van der Waals surface area contributed by atoms with Crippen LogP contribution in [0, 0.1) is 0 Å². The van der Waals surface area contributed by atoms with Crippen LogP contribution < -0.4 is 0 Å². The lowest BCUT2D eigenvalue weighted by molar-refractivity contribution is 1.07. The molecule has 0 saturated carbocycles. The molecule has 0 spiro atoms. The van der Waals surface area contributed by atoms with E-state index in [1.807, 2.05) is 60.7 Å². The number of aromatic nitrogens is 5. The summed E-state index contributed by atoms with van der Waals surface area (Å²) < 4.78 is 4.81. The summed E-state index contributed by atoms with van der Waals surface area (Å²) in [6, 6.07) is 88.5. The van der Waals surface area contributed by atoms with Crippen LogP contribution in [0.1, 0.15) is 0 Å². The minimum atomic E-state index is 0.624. The molecule has 0 radical (unpaired) electrons. The van der Waals surface area contributed by atoms with Crippen LogP contribution in [0.15, 0.2) is 249 Å². The third-order valence-corrected chi connectivity index (χ3v) is 13.1. The molecule has 0 atom stereocenters. The Morgan fingerprint density at radius 1 is 0.206 bits per heavy atom.